The number of alkyl halides is 3. The van der Waals surface area contributed by atoms with E-state index in [1.54, 1.807) is 46.6 Å². The number of aliphatic imine (C=N–C) groups is 1. The Balaban J connectivity index is 1.93. The van der Waals surface area contributed by atoms with Crippen molar-refractivity contribution in [2.75, 3.05) is 35.0 Å². The van der Waals surface area contributed by atoms with Crippen LogP contribution in [-0.4, -0.2) is 47.1 Å². The minimum absolute atomic E-state index is 0.157. The highest BCUT2D eigenvalue weighted by molar-refractivity contribution is 5.79. The Morgan fingerprint density at radius 2 is 1.45 bits per heavy atom. The third-order valence-corrected chi connectivity index (χ3v) is 4.24. The number of methoxy groups -OCH3 is 3. The van der Waals surface area contributed by atoms with Crippen molar-refractivity contribution >= 4 is 5.96 Å². The quantitative estimate of drug-likeness (QED) is 0.458. The van der Waals surface area contributed by atoms with E-state index in [0.717, 1.165) is 11.1 Å². The molecule has 0 atom stereocenters. The highest BCUT2D eigenvalue weighted by atomic mass is 19.4. The number of guanidine groups is 1. The molecule has 2 N–H and O–H groups in total. The summed E-state index contributed by atoms with van der Waals surface area (Å²) in [5.41, 5.74) is 1.69. The Morgan fingerprint density at radius 1 is 0.871 bits per heavy atom. The molecule has 0 spiro atoms. The second-order valence-corrected chi connectivity index (χ2v) is 6.35. The zero-order valence-electron chi connectivity index (χ0n) is 17.8. The van der Waals surface area contributed by atoms with Crippen molar-refractivity contribution < 1.29 is 32.1 Å². The number of nitrogens with zero attached hydrogens (tertiary/aromatic N) is 1. The van der Waals surface area contributed by atoms with Crippen LogP contribution in [0, 0.1) is 0 Å². The van der Waals surface area contributed by atoms with Crippen LogP contribution in [0.3, 0.4) is 0 Å². The summed E-state index contributed by atoms with van der Waals surface area (Å²) < 4.78 is 57.4. The molecule has 31 heavy (non-hydrogen) atoms. The van der Waals surface area contributed by atoms with Crippen LogP contribution in [-0.2, 0) is 13.1 Å². The fourth-order valence-corrected chi connectivity index (χ4v) is 2.68. The van der Waals surface area contributed by atoms with E-state index in [2.05, 4.69) is 15.6 Å². The summed E-state index contributed by atoms with van der Waals surface area (Å²) in [6.07, 6.45) is -4.37. The minimum Gasteiger partial charge on any atom is -0.496 e. The Labute approximate surface area is 179 Å². The van der Waals surface area contributed by atoms with Gasteiger partial charge in [-0.25, -0.2) is 0 Å². The third kappa shape index (κ3) is 7.47. The van der Waals surface area contributed by atoms with Gasteiger partial charge in [0.05, 0.1) is 21.3 Å². The second-order valence-electron chi connectivity index (χ2n) is 6.35. The number of benzene rings is 2. The molecule has 0 aliphatic rings. The van der Waals surface area contributed by atoms with Crippen LogP contribution in [0.1, 0.15) is 11.1 Å². The van der Waals surface area contributed by atoms with E-state index in [-0.39, 0.29) is 5.75 Å². The van der Waals surface area contributed by atoms with E-state index in [4.69, 9.17) is 18.9 Å². The van der Waals surface area contributed by atoms with Crippen LogP contribution in [0.25, 0.3) is 0 Å². The summed E-state index contributed by atoms with van der Waals surface area (Å²) in [6.45, 7) is -0.490. The molecule has 0 aliphatic carbocycles. The first-order chi connectivity index (χ1) is 14.8. The lowest BCUT2D eigenvalue weighted by atomic mass is 10.1. The van der Waals surface area contributed by atoms with Crippen LogP contribution >= 0.6 is 0 Å². The van der Waals surface area contributed by atoms with E-state index in [1.165, 1.54) is 12.1 Å². The lowest BCUT2D eigenvalue weighted by molar-refractivity contribution is -0.153. The molecule has 7 nitrogen and oxygen atoms in total. The van der Waals surface area contributed by atoms with Crippen molar-refractivity contribution in [2.45, 2.75) is 19.3 Å². The van der Waals surface area contributed by atoms with Gasteiger partial charge in [-0.3, -0.25) is 4.99 Å². The average molecular weight is 441 g/mol. The molecule has 0 aromatic heterocycles. The highest BCUT2D eigenvalue weighted by Gasteiger charge is 2.28. The molecule has 2 aromatic carbocycles. The molecule has 0 bridgehead atoms. The fraction of sp³-hybridized carbons (Fsp3) is 0.381. The maximum atomic E-state index is 12.2. The molecule has 0 radical (unpaired) electrons. The van der Waals surface area contributed by atoms with Crippen molar-refractivity contribution in [2.24, 2.45) is 4.99 Å². The Kier molecular flexibility index (Phi) is 8.65. The van der Waals surface area contributed by atoms with Crippen LogP contribution in [0.4, 0.5) is 13.2 Å². The molecule has 0 unspecified atom stereocenters. The van der Waals surface area contributed by atoms with E-state index < -0.39 is 12.8 Å². The smallest absolute Gasteiger partial charge is 0.422 e. The lowest BCUT2D eigenvalue weighted by Gasteiger charge is -2.16. The predicted octanol–water partition coefficient (Wildman–Crippen LogP) is 3.52. The fourth-order valence-electron chi connectivity index (χ4n) is 2.68. The molecule has 0 heterocycles. The van der Waals surface area contributed by atoms with Gasteiger partial charge < -0.3 is 29.6 Å². The topological polar surface area (TPSA) is 73.3 Å². The molecule has 2 aromatic rings. The van der Waals surface area contributed by atoms with Crippen molar-refractivity contribution in [1.82, 2.24) is 10.6 Å². The standard InChI is InChI=1S/C21H26F3N3O4/c1-25-20(26-11-14-5-7-16(8-6-14)31-13-21(22,23)24)27-12-15-9-18(29-3)19(30-4)10-17(15)28-2/h5-10H,11-13H2,1-4H3,(H2,25,26,27). The Bertz CT molecular complexity index is 871. The first-order valence-electron chi connectivity index (χ1n) is 9.31. The maximum absolute atomic E-state index is 12.2. The second kappa shape index (κ2) is 11.2. The summed E-state index contributed by atoms with van der Waals surface area (Å²) in [5.74, 6) is 2.47. The van der Waals surface area contributed by atoms with Crippen LogP contribution in [0.5, 0.6) is 23.0 Å². The molecule has 170 valence electrons. The van der Waals surface area contributed by atoms with Crippen LogP contribution in [0.2, 0.25) is 0 Å². The molecule has 0 saturated carbocycles. The highest BCUT2D eigenvalue weighted by Crippen LogP contribution is 2.34. The molecular formula is C21H26F3N3O4. The number of rotatable bonds is 9. The molecule has 0 aliphatic heterocycles. The molecular weight excluding hydrogens is 415 g/mol. The lowest BCUT2D eigenvalue weighted by Crippen LogP contribution is -2.36. The molecule has 0 amide bonds. The molecule has 2 rings (SSSR count). The van der Waals surface area contributed by atoms with E-state index in [0.29, 0.717) is 36.3 Å². The van der Waals surface area contributed by atoms with Crippen LogP contribution < -0.4 is 29.6 Å². The molecule has 10 heteroatoms. The Morgan fingerprint density at radius 3 is 2.00 bits per heavy atom. The van der Waals surface area contributed by atoms with Gasteiger partial charge in [-0.05, 0) is 23.8 Å². The van der Waals surface area contributed by atoms with E-state index in [1.807, 2.05) is 6.07 Å². The van der Waals surface area contributed by atoms with Gasteiger partial charge in [0.25, 0.3) is 0 Å². The van der Waals surface area contributed by atoms with Crippen molar-refractivity contribution in [1.29, 1.82) is 0 Å². The normalized spacial score (nSPS) is 11.6. The Hall–Kier alpha value is -3.30. The zero-order chi connectivity index (χ0) is 22.9. The first kappa shape index (κ1) is 24.0. The van der Waals surface area contributed by atoms with Gasteiger partial charge in [0, 0.05) is 31.8 Å². The summed E-state index contributed by atoms with van der Waals surface area (Å²) >= 11 is 0. The van der Waals surface area contributed by atoms with Crippen molar-refractivity contribution in [3.8, 4) is 23.0 Å². The number of halogens is 3. The summed E-state index contributed by atoms with van der Waals surface area (Å²) in [5, 5.41) is 6.32. The molecule has 0 saturated heterocycles. The van der Waals surface area contributed by atoms with Crippen molar-refractivity contribution in [3.05, 3.63) is 47.5 Å². The van der Waals surface area contributed by atoms with Gasteiger partial charge in [-0.1, -0.05) is 12.1 Å². The summed E-state index contributed by atoms with van der Waals surface area (Å²) in [4.78, 5) is 4.17. The summed E-state index contributed by atoms with van der Waals surface area (Å²) in [6, 6.07) is 9.92. The largest absolute Gasteiger partial charge is 0.496 e. The number of nitrogens with one attached hydrogen (secondary N) is 2. The average Bonchev–Trinajstić information content (AvgIpc) is 2.77. The monoisotopic (exact) mass is 441 g/mol. The van der Waals surface area contributed by atoms with Gasteiger partial charge >= 0.3 is 6.18 Å². The predicted molar refractivity (Wildman–Crippen MR) is 111 cm³/mol. The first-order valence-corrected chi connectivity index (χ1v) is 9.31. The number of hydrogen-bond acceptors (Lipinski definition) is 5. The number of hydrogen-bond donors (Lipinski definition) is 2. The van der Waals surface area contributed by atoms with Gasteiger partial charge in [-0.2, -0.15) is 13.2 Å². The zero-order valence-corrected chi connectivity index (χ0v) is 17.8. The van der Waals surface area contributed by atoms with Gasteiger partial charge in [0.1, 0.15) is 11.5 Å². The molecule has 0 fully saturated rings. The van der Waals surface area contributed by atoms with E-state index in [9.17, 15) is 13.2 Å². The van der Waals surface area contributed by atoms with E-state index >= 15 is 0 Å². The minimum atomic E-state index is -4.37. The van der Waals surface area contributed by atoms with Crippen LogP contribution in [0.15, 0.2) is 41.4 Å². The van der Waals surface area contributed by atoms with Crippen molar-refractivity contribution in [3.63, 3.8) is 0 Å². The summed E-state index contributed by atoms with van der Waals surface area (Å²) in [7, 11) is 6.31. The third-order valence-electron chi connectivity index (χ3n) is 4.24. The number of ether oxygens (including phenoxy) is 4. The van der Waals surface area contributed by atoms with Gasteiger partial charge in [-0.15, -0.1) is 0 Å². The SMILES string of the molecule is CN=C(NCc1ccc(OCC(F)(F)F)cc1)NCc1cc(OC)c(OC)cc1OC. The van der Waals surface area contributed by atoms with Gasteiger partial charge in [0.2, 0.25) is 0 Å². The van der Waals surface area contributed by atoms with Gasteiger partial charge in [0.15, 0.2) is 24.1 Å². The maximum Gasteiger partial charge on any atom is 0.422 e.